The highest BCUT2D eigenvalue weighted by atomic mass is 32.2. The minimum absolute atomic E-state index is 0.173. The molecule has 0 fully saturated rings. The Kier molecular flexibility index (Phi) is 4.03. The van der Waals surface area contributed by atoms with Crippen molar-refractivity contribution in [1.82, 2.24) is 4.72 Å². The van der Waals surface area contributed by atoms with Crippen molar-refractivity contribution in [3.05, 3.63) is 29.8 Å². The number of carbonyl (C=O) groups excluding carboxylic acids is 1. The van der Waals surface area contributed by atoms with Crippen LogP contribution in [0.4, 0.5) is 5.69 Å². The molecule has 3 nitrogen and oxygen atoms in total. The Balaban J connectivity index is 2.60. The smallest absolute Gasteiger partial charge is 0.218 e. The molecule has 4 heteroatoms. The molecule has 2 N–H and O–H groups in total. The molecule has 1 amide bonds. The van der Waals surface area contributed by atoms with Crippen LogP contribution in [0.25, 0.3) is 0 Å². The number of carbonyl (C=O) groups is 1. The van der Waals surface area contributed by atoms with Crippen molar-refractivity contribution < 1.29 is 4.79 Å². The van der Waals surface area contributed by atoms with Crippen LogP contribution in [0.15, 0.2) is 24.3 Å². The minimum atomic E-state index is 0.173. The van der Waals surface area contributed by atoms with Gasteiger partial charge in [0, 0.05) is 5.69 Å². The summed E-state index contributed by atoms with van der Waals surface area (Å²) in [5.74, 6) is 0. The molecule has 0 spiro atoms. The van der Waals surface area contributed by atoms with Gasteiger partial charge in [0.05, 0.1) is 12.1 Å². The zero-order valence-corrected chi connectivity index (χ0v) is 10.0. The predicted molar refractivity (Wildman–Crippen MR) is 65.6 cm³/mol. The summed E-state index contributed by atoms with van der Waals surface area (Å²) in [5.41, 5.74) is 2.44. The first kappa shape index (κ1) is 11.9. The maximum atomic E-state index is 10.0. The maximum absolute atomic E-state index is 10.0. The van der Waals surface area contributed by atoms with Gasteiger partial charge in [0.2, 0.25) is 6.41 Å². The van der Waals surface area contributed by atoms with Gasteiger partial charge in [-0.25, -0.2) is 0 Å². The number of hydrogen-bond donors (Lipinski definition) is 2. The Morgan fingerprint density at radius 1 is 1.20 bits per heavy atom. The van der Waals surface area contributed by atoms with Crippen molar-refractivity contribution in [3.8, 4) is 0 Å². The van der Waals surface area contributed by atoms with E-state index in [4.69, 9.17) is 0 Å². The van der Waals surface area contributed by atoms with Crippen LogP contribution in [0.5, 0.6) is 0 Å². The van der Waals surface area contributed by atoms with Gasteiger partial charge in [-0.3, -0.25) is 9.52 Å². The van der Waals surface area contributed by atoms with Crippen molar-refractivity contribution in [2.24, 2.45) is 0 Å². The fourth-order valence-electron chi connectivity index (χ4n) is 1.15. The molecule has 0 aliphatic carbocycles. The van der Waals surface area contributed by atoms with Crippen molar-refractivity contribution in [2.45, 2.75) is 26.2 Å². The lowest BCUT2D eigenvalue weighted by Crippen LogP contribution is -2.10. The molecule has 0 radical (unpaired) electrons. The normalized spacial score (nSPS) is 10.9. The molecule has 0 heterocycles. The number of rotatable bonds is 4. The average molecular weight is 224 g/mol. The van der Waals surface area contributed by atoms with Gasteiger partial charge in [-0.1, -0.05) is 32.9 Å². The van der Waals surface area contributed by atoms with Gasteiger partial charge in [0.25, 0.3) is 0 Å². The first-order valence-electron chi connectivity index (χ1n) is 4.75. The zero-order valence-electron chi connectivity index (χ0n) is 9.20. The first-order chi connectivity index (χ1) is 7.04. The summed E-state index contributed by atoms with van der Waals surface area (Å²) in [6.45, 7) is 6.54. The lowest BCUT2D eigenvalue weighted by molar-refractivity contribution is -0.107. The van der Waals surface area contributed by atoms with E-state index in [9.17, 15) is 4.79 Å². The summed E-state index contributed by atoms with van der Waals surface area (Å²) in [6.07, 6.45) is 0.640. The fraction of sp³-hybridized carbons (Fsp3) is 0.364. The molecular formula is C11H16N2OS. The van der Waals surface area contributed by atoms with E-state index in [1.165, 1.54) is 5.56 Å². The number of amides is 1. The largest absolute Gasteiger partial charge is 0.312 e. The second-order valence-corrected chi connectivity index (χ2v) is 4.91. The van der Waals surface area contributed by atoms with Crippen molar-refractivity contribution in [2.75, 3.05) is 4.72 Å². The van der Waals surface area contributed by atoms with E-state index in [0.717, 1.165) is 17.8 Å². The van der Waals surface area contributed by atoms with E-state index < -0.39 is 0 Å². The number of nitrogens with one attached hydrogen (secondary N) is 2. The van der Waals surface area contributed by atoms with E-state index in [-0.39, 0.29) is 5.41 Å². The van der Waals surface area contributed by atoms with Crippen LogP contribution < -0.4 is 9.44 Å². The van der Waals surface area contributed by atoms with Crippen molar-refractivity contribution in [1.29, 1.82) is 0 Å². The second kappa shape index (κ2) is 5.07. The maximum Gasteiger partial charge on any atom is 0.218 e. The Morgan fingerprint density at radius 3 is 2.27 bits per heavy atom. The molecule has 1 aromatic carbocycles. The summed E-state index contributed by atoms with van der Waals surface area (Å²) >= 11 is 1.15. The number of hydrogen-bond acceptors (Lipinski definition) is 3. The number of benzene rings is 1. The van der Waals surface area contributed by atoms with Gasteiger partial charge in [-0.15, -0.1) is 0 Å². The molecule has 15 heavy (non-hydrogen) atoms. The third kappa shape index (κ3) is 3.83. The Hall–Kier alpha value is -1.16. The predicted octanol–water partition coefficient (Wildman–Crippen LogP) is 2.71. The van der Waals surface area contributed by atoms with Crippen LogP contribution in [-0.4, -0.2) is 6.41 Å². The van der Waals surface area contributed by atoms with Gasteiger partial charge in [0.15, 0.2) is 0 Å². The Bertz CT molecular complexity index is 316. The summed E-state index contributed by atoms with van der Waals surface area (Å²) in [5, 5.41) is 0. The summed E-state index contributed by atoms with van der Waals surface area (Å²) in [7, 11) is 0. The highest BCUT2D eigenvalue weighted by Gasteiger charge is 2.12. The van der Waals surface area contributed by atoms with Crippen LogP contribution in [0.2, 0.25) is 0 Å². The summed E-state index contributed by atoms with van der Waals surface area (Å²) < 4.78 is 5.47. The van der Waals surface area contributed by atoms with Gasteiger partial charge < -0.3 is 4.72 Å². The highest BCUT2D eigenvalue weighted by molar-refractivity contribution is 7.99. The van der Waals surface area contributed by atoms with E-state index in [1.807, 2.05) is 12.1 Å². The van der Waals surface area contributed by atoms with E-state index in [1.54, 1.807) is 0 Å². The first-order valence-corrected chi connectivity index (χ1v) is 5.57. The van der Waals surface area contributed by atoms with E-state index >= 15 is 0 Å². The molecule has 0 saturated heterocycles. The van der Waals surface area contributed by atoms with Crippen LogP contribution in [0.1, 0.15) is 26.3 Å². The third-order valence-corrected chi connectivity index (χ3v) is 2.58. The lowest BCUT2D eigenvalue weighted by Gasteiger charge is -2.19. The molecule has 0 aromatic heterocycles. The van der Waals surface area contributed by atoms with Gasteiger partial charge >= 0.3 is 0 Å². The van der Waals surface area contributed by atoms with Crippen molar-refractivity contribution in [3.63, 3.8) is 0 Å². The summed E-state index contributed by atoms with van der Waals surface area (Å²) in [6, 6.07) is 8.17. The third-order valence-electron chi connectivity index (χ3n) is 2.03. The lowest BCUT2D eigenvalue weighted by atomic mass is 9.87. The highest BCUT2D eigenvalue weighted by Crippen LogP contribution is 2.23. The fourth-order valence-corrected chi connectivity index (χ4v) is 1.51. The molecule has 0 aliphatic heterocycles. The molecule has 0 bridgehead atoms. The average Bonchev–Trinajstić information content (AvgIpc) is 2.18. The quantitative estimate of drug-likeness (QED) is 0.469. The zero-order chi connectivity index (χ0) is 11.3. The van der Waals surface area contributed by atoms with Crippen LogP contribution >= 0.6 is 12.1 Å². The standard InChI is InChI=1S/C11H16N2OS/c1-11(2,3)9-4-6-10(7-5-9)13-15-12-8-14/h4-8,13H,1-3H3,(H,12,14). The van der Waals surface area contributed by atoms with Gasteiger partial charge in [-0.2, -0.15) is 0 Å². The van der Waals surface area contributed by atoms with Crippen LogP contribution in [0, 0.1) is 0 Å². The SMILES string of the molecule is CC(C)(C)c1ccc(NSNC=O)cc1. The second-order valence-electron chi connectivity index (χ2n) is 4.27. The Morgan fingerprint density at radius 2 is 1.80 bits per heavy atom. The monoisotopic (exact) mass is 224 g/mol. The van der Waals surface area contributed by atoms with Crippen LogP contribution in [-0.2, 0) is 10.2 Å². The molecule has 1 aromatic rings. The molecule has 0 aliphatic rings. The molecular weight excluding hydrogens is 208 g/mol. The van der Waals surface area contributed by atoms with Gasteiger partial charge in [0.1, 0.15) is 0 Å². The molecule has 0 atom stereocenters. The summed E-state index contributed by atoms with van der Waals surface area (Å²) in [4.78, 5) is 10.0. The van der Waals surface area contributed by atoms with Gasteiger partial charge in [-0.05, 0) is 23.1 Å². The van der Waals surface area contributed by atoms with E-state index in [2.05, 4.69) is 42.3 Å². The molecule has 82 valence electrons. The minimum Gasteiger partial charge on any atom is -0.312 e. The Labute approximate surface area is 94.9 Å². The topological polar surface area (TPSA) is 41.1 Å². The molecule has 0 saturated carbocycles. The van der Waals surface area contributed by atoms with E-state index in [0.29, 0.717) is 6.41 Å². The molecule has 0 unspecified atom stereocenters. The van der Waals surface area contributed by atoms with Crippen molar-refractivity contribution >= 4 is 24.2 Å². The van der Waals surface area contributed by atoms with Crippen LogP contribution in [0.3, 0.4) is 0 Å². The molecule has 1 rings (SSSR count). The number of anilines is 1.